The van der Waals surface area contributed by atoms with Crippen molar-refractivity contribution in [3.8, 4) is 0 Å². The van der Waals surface area contributed by atoms with Crippen molar-refractivity contribution >= 4 is 24.7 Å². The van der Waals surface area contributed by atoms with Crippen LogP contribution in [-0.2, 0) is 4.74 Å². The smallest absolute Gasteiger partial charge is 0.0741 e. The van der Waals surface area contributed by atoms with Crippen LogP contribution in [0, 0.1) is 5.41 Å². The molecule has 0 saturated heterocycles. The van der Waals surface area contributed by atoms with Crippen molar-refractivity contribution in [2.75, 3.05) is 12.8 Å². The third kappa shape index (κ3) is 1.51. The van der Waals surface area contributed by atoms with Crippen LogP contribution in [0.15, 0.2) is 0 Å². The molecule has 0 N–H and O–H groups in total. The van der Waals surface area contributed by atoms with Crippen LogP contribution >= 0.6 is 15.9 Å². The molecule has 2 bridgehead atoms. The van der Waals surface area contributed by atoms with Gasteiger partial charge in [0.2, 0.25) is 0 Å². The van der Waals surface area contributed by atoms with E-state index in [-0.39, 0.29) is 8.80 Å². The first kappa shape index (κ1) is 9.22. The van der Waals surface area contributed by atoms with Crippen molar-refractivity contribution in [1.29, 1.82) is 0 Å². The lowest BCUT2D eigenvalue weighted by molar-refractivity contribution is -0.121. The summed E-state index contributed by atoms with van der Waals surface area (Å²) >= 11 is 3.74. The fourth-order valence-corrected chi connectivity index (χ4v) is 4.78. The van der Waals surface area contributed by atoms with Crippen LogP contribution in [0.3, 0.4) is 0 Å². The normalized spacial score (nSPS) is 44.0. The van der Waals surface area contributed by atoms with Crippen LogP contribution in [-0.4, -0.2) is 26.0 Å². The van der Waals surface area contributed by atoms with Gasteiger partial charge in [0.25, 0.3) is 0 Å². The van der Waals surface area contributed by atoms with Gasteiger partial charge in [0.15, 0.2) is 0 Å². The van der Waals surface area contributed by atoms with Gasteiger partial charge < -0.3 is 4.74 Å². The molecule has 1 nitrogen and oxygen atoms in total. The number of hydrogen-bond donors (Lipinski definition) is 0. The van der Waals surface area contributed by atoms with Crippen molar-refractivity contribution in [2.24, 2.45) is 5.41 Å². The first-order valence-electron chi connectivity index (χ1n) is 4.59. The van der Waals surface area contributed by atoms with Crippen LogP contribution in [0.1, 0.15) is 19.3 Å². The average Bonchev–Trinajstić information content (AvgIpc) is 1.80. The number of ether oxygens (including phenoxy) is 1. The Labute approximate surface area is 84.6 Å². The van der Waals surface area contributed by atoms with Gasteiger partial charge in [-0.2, -0.15) is 0 Å². The Morgan fingerprint density at radius 3 is 2.33 bits per heavy atom. The predicted molar refractivity (Wildman–Crippen MR) is 56.2 cm³/mol. The maximum absolute atomic E-state index is 5.71. The molecule has 3 fully saturated rings. The quantitative estimate of drug-likeness (QED) is 0.549. The van der Waals surface area contributed by atoms with Gasteiger partial charge in [0.05, 0.1) is 15.4 Å². The molecule has 3 saturated carbocycles. The summed E-state index contributed by atoms with van der Waals surface area (Å²) in [6, 6.07) is 0. The second-order valence-electron chi connectivity index (χ2n) is 4.88. The Morgan fingerprint density at radius 1 is 1.33 bits per heavy atom. The third-order valence-electron chi connectivity index (χ3n) is 2.87. The van der Waals surface area contributed by atoms with Gasteiger partial charge in [-0.3, -0.25) is 0 Å². The molecule has 12 heavy (non-hydrogen) atoms. The highest BCUT2D eigenvalue weighted by atomic mass is 79.9. The predicted octanol–water partition coefficient (Wildman–Crippen LogP) is 2.61. The monoisotopic (exact) mass is 247 g/mol. The zero-order valence-electron chi connectivity index (χ0n) is 7.82. The van der Waals surface area contributed by atoms with E-state index in [1.165, 1.54) is 19.3 Å². The van der Waals surface area contributed by atoms with Gasteiger partial charge in [-0.05, 0) is 24.7 Å². The maximum Gasteiger partial charge on any atom is 0.0741 e. The lowest BCUT2D eigenvalue weighted by Gasteiger charge is -2.67. The summed E-state index contributed by atoms with van der Waals surface area (Å²) < 4.78 is 6.27. The van der Waals surface area contributed by atoms with Crippen molar-refractivity contribution < 1.29 is 4.74 Å². The second kappa shape index (κ2) is 2.82. The minimum Gasteiger partial charge on any atom is -0.384 e. The third-order valence-corrected chi connectivity index (χ3v) is 4.50. The Hall–Kier alpha value is 0.657. The van der Waals surface area contributed by atoms with E-state index in [4.69, 9.17) is 4.74 Å². The second-order valence-corrected chi connectivity index (χ2v) is 9.27. The summed E-state index contributed by atoms with van der Waals surface area (Å²) in [6.45, 7) is 5.63. The van der Waals surface area contributed by atoms with Gasteiger partial charge in [0.1, 0.15) is 0 Å². The summed E-state index contributed by atoms with van der Waals surface area (Å²) in [5.74, 6) is 0. The molecule has 3 aliphatic carbocycles. The Kier molecular flexibility index (Phi) is 2.17. The zero-order chi connectivity index (χ0) is 8.82. The van der Waals surface area contributed by atoms with Gasteiger partial charge in [-0.25, -0.2) is 0 Å². The van der Waals surface area contributed by atoms with Gasteiger partial charge in [0, 0.05) is 10.6 Å². The number of halogens is 1. The summed E-state index contributed by atoms with van der Waals surface area (Å²) in [6.07, 6.45) is 5.10. The molecular formula is C9H16BrOSi. The molecule has 0 heterocycles. The molecule has 0 atom stereocenters. The molecule has 0 aromatic carbocycles. The molecule has 3 heteroatoms. The van der Waals surface area contributed by atoms with Crippen LogP contribution in [0.2, 0.25) is 13.1 Å². The maximum atomic E-state index is 5.71. The first-order chi connectivity index (χ1) is 5.54. The van der Waals surface area contributed by atoms with E-state index < -0.39 is 0 Å². The van der Waals surface area contributed by atoms with E-state index in [2.05, 4.69) is 29.0 Å². The van der Waals surface area contributed by atoms with Gasteiger partial charge in [-0.1, -0.05) is 29.0 Å². The van der Waals surface area contributed by atoms with E-state index in [0.717, 1.165) is 12.8 Å². The van der Waals surface area contributed by atoms with E-state index in [1.54, 1.807) is 0 Å². The lowest BCUT2D eigenvalue weighted by atomic mass is 9.44. The average molecular weight is 248 g/mol. The molecule has 1 radical (unpaired) electrons. The van der Waals surface area contributed by atoms with Crippen molar-refractivity contribution in [1.82, 2.24) is 0 Å². The van der Waals surface area contributed by atoms with Gasteiger partial charge in [-0.15, -0.1) is 0 Å². The summed E-state index contributed by atoms with van der Waals surface area (Å²) in [5.41, 5.74) is 0.612. The molecule has 0 unspecified atom stereocenters. The Morgan fingerprint density at radius 2 is 1.92 bits per heavy atom. The highest BCUT2D eigenvalue weighted by molar-refractivity contribution is 9.10. The van der Waals surface area contributed by atoms with E-state index >= 15 is 0 Å². The molecule has 3 aliphatic rings. The van der Waals surface area contributed by atoms with Crippen molar-refractivity contribution in [3.05, 3.63) is 0 Å². The molecule has 0 aliphatic heterocycles. The number of rotatable bonds is 4. The van der Waals surface area contributed by atoms with E-state index in [1.807, 2.05) is 0 Å². The van der Waals surface area contributed by atoms with Crippen molar-refractivity contribution in [3.63, 3.8) is 0 Å². The highest BCUT2D eigenvalue weighted by Crippen LogP contribution is 2.71. The minimum atomic E-state index is -0.172. The largest absolute Gasteiger partial charge is 0.384 e. The van der Waals surface area contributed by atoms with Crippen LogP contribution in [0.5, 0.6) is 0 Å². The lowest BCUT2D eigenvalue weighted by Crippen LogP contribution is -2.65. The summed E-state index contributed by atoms with van der Waals surface area (Å²) in [4.78, 5) is 0. The number of alkyl halides is 1. The molecule has 69 valence electrons. The molecule has 0 aromatic heterocycles. The summed E-state index contributed by atoms with van der Waals surface area (Å²) in [5, 5.41) is 0. The number of hydrogen-bond acceptors (Lipinski definition) is 1. The Bertz CT molecular complexity index is 173. The topological polar surface area (TPSA) is 9.23 Å². The standard InChI is InChI=1S/C9H16BrOSi/c1-12(2)7-11-6-8-3-9(10,4-8)5-8/h3-7H2,1-2H3. The molecule has 0 aromatic rings. The van der Waals surface area contributed by atoms with Crippen molar-refractivity contribution in [2.45, 2.75) is 36.7 Å². The Balaban J connectivity index is 1.64. The zero-order valence-corrected chi connectivity index (χ0v) is 10.4. The molecule has 3 rings (SSSR count). The van der Waals surface area contributed by atoms with Crippen LogP contribution in [0.4, 0.5) is 0 Å². The van der Waals surface area contributed by atoms with E-state index in [0.29, 0.717) is 9.74 Å². The highest BCUT2D eigenvalue weighted by Gasteiger charge is 2.66. The SMILES string of the molecule is C[Si](C)COCC12CC(Br)(C1)C2. The summed E-state index contributed by atoms with van der Waals surface area (Å²) in [7, 11) is -0.172. The fraction of sp³-hybridized carbons (Fsp3) is 1.00. The molecule has 0 amide bonds. The van der Waals surface area contributed by atoms with Crippen LogP contribution < -0.4 is 0 Å². The first-order valence-corrected chi connectivity index (χ1v) is 8.09. The minimum absolute atomic E-state index is 0.172. The fourth-order valence-electron chi connectivity index (χ4n) is 2.49. The van der Waals surface area contributed by atoms with Crippen LogP contribution in [0.25, 0.3) is 0 Å². The van der Waals surface area contributed by atoms with Gasteiger partial charge >= 0.3 is 0 Å². The molecule has 0 spiro atoms. The molecular weight excluding hydrogens is 232 g/mol. The van der Waals surface area contributed by atoms with E-state index in [9.17, 15) is 0 Å².